The normalized spacial score (nSPS) is 19.2. The lowest BCUT2D eigenvalue weighted by atomic mass is 9.78. The number of hydrogen-bond donors (Lipinski definition) is 1. The fraction of sp³-hybridized carbons (Fsp3) is 0.529. The van der Waals surface area contributed by atoms with Crippen LogP contribution >= 0.6 is 0 Å². The van der Waals surface area contributed by atoms with Gasteiger partial charge >= 0.3 is 0 Å². The molecule has 2 aromatic rings. The van der Waals surface area contributed by atoms with Crippen LogP contribution in [0.25, 0.3) is 10.9 Å². The molecule has 0 bridgehead atoms. The Morgan fingerprint density at radius 3 is 2.72 bits per heavy atom. The summed E-state index contributed by atoms with van der Waals surface area (Å²) in [6, 6.07) is 6.73. The van der Waals surface area contributed by atoms with Crippen molar-refractivity contribution in [3.8, 4) is 0 Å². The molecule has 0 saturated heterocycles. The average molecular weight is 241 g/mol. The first-order valence-electron chi connectivity index (χ1n) is 7.33. The zero-order valence-corrected chi connectivity index (χ0v) is 11.5. The van der Waals surface area contributed by atoms with E-state index in [1.54, 1.807) is 0 Å². The third-order valence-corrected chi connectivity index (χ3v) is 4.72. The molecule has 1 heterocycles. The SMILES string of the molecule is Cc1ccc2[nH]cc(C(C)C3CCCCC3)c2c1. The quantitative estimate of drug-likeness (QED) is 0.747. The standard InChI is InChI=1S/C17H23N/c1-12-8-9-17-15(10-12)16(11-18-17)13(2)14-6-4-3-5-7-14/h8-11,13-14,18H,3-7H2,1-2H3. The minimum absolute atomic E-state index is 0.695. The third-order valence-electron chi connectivity index (χ3n) is 4.72. The van der Waals surface area contributed by atoms with Gasteiger partial charge in [0.1, 0.15) is 0 Å². The van der Waals surface area contributed by atoms with Crippen LogP contribution in [-0.2, 0) is 0 Å². The van der Waals surface area contributed by atoms with Gasteiger partial charge in [-0.3, -0.25) is 0 Å². The molecule has 1 N–H and O–H groups in total. The van der Waals surface area contributed by atoms with Crippen molar-refractivity contribution >= 4 is 10.9 Å². The topological polar surface area (TPSA) is 15.8 Å². The minimum Gasteiger partial charge on any atom is -0.361 e. The Labute approximate surface area is 110 Å². The van der Waals surface area contributed by atoms with E-state index in [1.165, 1.54) is 54.1 Å². The summed E-state index contributed by atoms with van der Waals surface area (Å²) in [7, 11) is 0. The number of benzene rings is 1. The molecule has 0 radical (unpaired) electrons. The zero-order chi connectivity index (χ0) is 12.5. The number of aryl methyl sites for hydroxylation is 1. The predicted molar refractivity (Wildman–Crippen MR) is 78.0 cm³/mol. The molecule has 18 heavy (non-hydrogen) atoms. The first-order chi connectivity index (χ1) is 8.75. The molecule has 1 fully saturated rings. The van der Waals surface area contributed by atoms with Crippen molar-refractivity contribution < 1.29 is 0 Å². The van der Waals surface area contributed by atoms with Gasteiger partial charge in [0.15, 0.2) is 0 Å². The van der Waals surface area contributed by atoms with Gasteiger partial charge in [-0.25, -0.2) is 0 Å². The van der Waals surface area contributed by atoms with Gasteiger partial charge in [0, 0.05) is 17.1 Å². The maximum absolute atomic E-state index is 3.44. The highest BCUT2D eigenvalue weighted by Gasteiger charge is 2.23. The Kier molecular flexibility index (Phi) is 3.15. The van der Waals surface area contributed by atoms with Crippen molar-refractivity contribution in [3.05, 3.63) is 35.5 Å². The highest BCUT2D eigenvalue weighted by molar-refractivity contribution is 5.84. The number of fused-ring (bicyclic) bond motifs is 1. The summed E-state index contributed by atoms with van der Waals surface area (Å²) in [5.74, 6) is 1.58. The maximum atomic E-state index is 3.44. The number of aromatic amines is 1. The zero-order valence-electron chi connectivity index (χ0n) is 11.5. The summed E-state index contributed by atoms with van der Waals surface area (Å²) >= 11 is 0. The molecule has 0 aliphatic heterocycles. The third kappa shape index (κ3) is 2.07. The van der Waals surface area contributed by atoms with Crippen molar-refractivity contribution in [3.63, 3.8) is 0 Å². The Bertz CT molecular complexity index is 532. The molecular weight excluding hydrogens is 218 g/mol. The average Bonchev–Trinajstić information content (AvgIpc) is 2.82. The second-order valence-electron chi connectivity index (χ2n) is 5.98. The van der Waals surface area contributed by atoms with Gasteiger partial charge in [-0.15, -0.1) is 0 Å². The molecule has 3 rings (SSSR count). The molecule has 1 nitrogen and oxygen atoms in total. The molecule has 1 aliphatic carbocycles. The van der Waals surface area contributed by atoms with Crippen molar-refractivity contribution in [1.29, 1.82) is 0 Å². The lowest BCUT2D eigenvalue weighted by molar-refractivity contribution is 0.317. The van der Waals surface area contributed by atoms with E-state index in [0.29, 0.717) is 5.92 Å². The van der Waals surface area contributed by atoms with Crippen LogP contribution in [-0.4, -0.2) is 4.98 Å². The first-order valence-corrected chi connectivity index (χ1v) is 7.33. The van der Waals surface area contributed by atoms with Crippen LogP contribution in [0.15, 0.2) is 24.4 Å². The van der Waals surface area contributed by atoms with E-state index in [9.17, 15) is 0 Å². The van der Waals surface area contributed by atoms with E-state index >= 15 is 0 Å². The Hall–Kier alpha value is -1.24. The van der Waals surface area contributed by atoms with Crippen LogP contribution < -0.4 is 0 Å². The highest BCUT2D eigenvalue weighted by atomic mass is 14.7. The number of nitrogens with one attached hydrogen (secondary N) is 1. The lowest BCUT2D eigenvalue weighted by Gasteiger charge is -2.27. The smallest absolute Gasteiger partial charge is 0.0457 e. The lowest BCUT2D eigenvalue weighted by Crippen LogP contribution is -2.13. The summed E-state index contributed by atoms with van der Waals surface area (Å²) < 4.78 is 0. The Morgan fingerprint density at radius 1 is 1.17 bits per heavy atom. The molecule has 1 saturated carbocycles. The van der Waals surface area contributed by atoms with Gasteiger partial charge in [0.05, 0.1) is 0 Å². The van der Waals surface area contributed by atoms with Gasteiger partial charge < -0.3 is 4.98 Å². The molecule has 1 aromatic carbocycles. The van der Waals surface area contributed by atoms with E-state index in [4.69, 9.17) is 0 Å². The van der Waals surface area contributed by atoms with Crippen LogP contribution in [0.1, 0.15) is 56.1 Å². The van der Waals surface area contributed by atoms with Crippen LogP contribution in [0, 0.1) is 12.8 Å². The molecular formula is C17H23N. The fourth-order valence-electron chi connectivity index (χ4n) is 3.52. The van der Waals surface area contributed by atoms with Gasteiger partial charge in [0.25, 0.3) is 0 Å². The summed E-state index contributed by atoms with van der Waals surface area (Å²) in [5.41, 5.74) is 4.18. The highest BCUT2D eigenvalue weighted by Crippen LogP contribution is 2.38. The largest absolute Gasteiger partial charge is 0.361 e. The summed E-state index contributed by atoms with van der Waals surface area (Å²) in [5, 5.41) is 1.44. The van der Waals surface area contributed by atoms with E-state index in [-0.39, 0.29) is 0 Å². The van der Waals surface area contributed by atoms with Crippen LogP contribution in [0.5, 0.6) is 0 Å². The molecule has 1 unspecified atom stereocenters. The van der Waals surface area contributed by atoms with Crippen molar-refractivity contribution in [2.24, 2.45) is 5.92 Å². The second kappa shape index (κ2) is 4.79. The van der Waals surface area contributed by atoms with E-state index in [0.717, 1.165) is 5.92 Å². The van der Waals surface area contributed by atoms with Crippen molar-refractivity contribution in [2.45, 2.75) is 51.9 Å². The molecule has 1 aromatic heterocycles. The molecule has 0 spiro atoms. The van der Waals surface area contributed by atoms with Gasteiger partial charge in [-0.05, 0) is 49.3 Å². The molecule has 0 amide bonds. The number of aromatic nitrogens is 1. The second-order valence-corrected chi connectivity index (χ2v) is 5.98. The van der Waals surface area contributed by atoms with E-state index in [1.807, 2.05) is 0 Å². The number of rotatable bonds is 2. The summed E-state index contributed by atoms with van der Waals surface area (Å²) in [4.78, 5) is 3.44. The molecule has 1 heteroatoms. The fourth-order valence-corrected chi connectivity index (χ4v) is 3.52. The summed E-state index contributed by atoms with van der Waals surface area (Å²) in [6.45, 7) is 4.60. The Balaban J connectivity index is 1.95. The van der Waals surface area contributed by atoms with Crippen LogP contribution in [0.2, 0.25) is 0 Å². The molecule has 1 atom stereocenters. The molecule has 96 valence electrons. The predicted octanol–water partition coefficient (Wildman–Crippen LogP) is 5.16. The number of H-pyrrole nitrogens is 1. The van der Waals surface area contributed by atoms with Gasteiger partial charge in [0.2, 0.25) is 0 Å². The first kappa shape index (κ1) is 11.8. The van der Waals surface area contributed by atoms with Crippen molar-refractivity contribution in [1.82, 2.24) is 4.98 Å². The minimum atomic E-state index is 0.695. The van der Waals surface area contributed by atoms with Crippen LogP contribution in [0.3, 0.4) is 0 Å². The van der Waals surface area contributed by atoms with Crippen molar-refractivity contribution in [2.75, 3.05) is 0 Å². The monoisotopic (exact) mass is 241 g/mol. The van der Waals surface area contributed by atoms with Gasteiger partial charge in [-0.1, -0.05) is 37.8 Å². The number of hydrogen-bond acceptors (Lipinski definition) is 0. The molecule has 1 aliphatic rings. The van der Waals surface area contributed by atoms with E-state index < -0.39 is 0 Å². The Morgan fingerprint density at radius 2 is 1.94 bits per heavy atom. The van der Waals surface area contributed by atoms with Gasteiger partial charge in [-0.2, -0.15) is 0 Å². The maximum Gasteiger partial charge on any atom is 0.0457 e. The van der Waals surface area contributed by atoms with Crippen LogP contribution in [0.4, 0.5) is 0 Å². The summed E-state index contributed by atoms with van der Waals surface area (Å²) in [6.07, 6.45) is 9.37. The van der Waals surface area contributed by atoms with E-state index in [2.05, 4.69) is 43.2 Å².